The van der Waals surface area contributed by atoms with Gasteiger partial charge < -0.3 is 20.4 Å². The van der Waals surface area contributed by atoms with Gasteiger partial charge in [-0.05, 0) is 49.3 Å². The minimum atomic E-state index is -0.218. The number of carbonyl (C=O) groups excluding carboxylic acids is 2. The smallest absolute Gasteiger partial charge is 0.232 e. The van der Waals surface area contributed by atoms with Gasteiger partial charge in [-0.15, -0.1) is 0 Å². The van der Waals surface area contributed by atoms with Crippen molar-refractivity contribution in [3.8, 4) is 0 Å². The van der Waals surface area contributed by atoms with E-state index in [1.54, 1.807) is 0 Å². The number of nitrogens with zero attached hydrogens (tertiary/aromatic N) is 4. The van der Waals surface area contributed by atoms with Crippen molar-refractivity contribution in [2.24, 2.45) is 0 Å². The normalized spacial score (nSPS) is 26.3. The Morgan fingerprint density at radius 3 is 2.54 bits per heavy atom. The predicted octanol–water partition coefficient (Wildman–Crippen LogP) is 3.29. The largest absolute Gasteiger partial charge is 0.352 e. The molecule has 1 saturated carbocycles. The molecule has 4 atom stereocenters. The molecule has 2 N–H and O–H groups in total. The molecule has 2 aromatic rings. The minimum Gasteiger partial charge on any atom is -0.352 e. The lowest BCUT2D eigenvalue weighted by Crippen LogP contribution is -2.58. The predicted molar refractivity (Wildman–Crippen MR) is 135 cm³/mol. The summed E-state index contributed by atoms with van der Waals surface area (Å²) >= 11 is 6.13. The van der Waals surface area contributed by atoms with E-state index in [-0.39, 0.29) is 35.7 Å². The van der Waals surface area contributed by atoms with Crippen LogP contribution < -0.4 is 15.5 Å². The number of fused-ring (bicyclic) bond motifs is 3. The molecule has 2 amide bonds. The van der Waals surface area contributed by atoms with Gasteiger partial charge in [-0.3, -0.25) is 9.59 Å². The Hall–Kier alpha value is -2.71. The quantitative estimate of drug-likeness (QED) is 0.640. The molecule has 0 radical (unpaired) electrons. The molecule has 3 unspecified atom stereocenters. The van der Waals surface area contributed by atoms with Crippen LogP contribution in [0.5, 0.6) is 0 Å². The molecule has 3 aliphatic heterocycles. The molecule has 1 aromatic carbocycles. The van der Waals surface area contributed by atoms with Crippen molar-refractivity contribution in [3.05, 3.63) is 46.7 Å². The van der Waals surface area contributed by atoms with Crippen LogP contribution in [0.3, 0.4) is 0 Å². The fourth-order valence-corrected chi connectivity index (χ4v) is 6.11. The highest BCUT2D eigenvalue weighted by molar-refractivity contribution is 6.30. The summed E-state index contributed by atoms with van der Waals surface area (Å²) < 4.78 is 0. The average molecular weight is 495 g/mol. The van der Waals surface area contributed by atoms with Crippen molar-refractivity contribution in [2.45, 2.75) is 69.0 Å². The first-order valence-electron chi connectivity index (χ1n) is 12.7. The number of rotatable bonds is 6. The summed E-state index contributed by atoms with van der Waals surface area (Å²) in [6, 6.07) is 8.56. The zero-order chi connectivity index (χ0) is 24.1. The van der Waals surface area contributed by atoms with Gasteiger partial charge in [0.2, 0.25) is 11.8 Å². The van der Waals surface area contributed by atoms with Crippen molar-refractivity contribution in [1.82, 2.24) is 20.2 Å². The van der Waals surface area contributed by atoms with Crippen LogP contribution in [-0.4, -0.2) is 64.4 Å². The van der Waals surface area contributed by atoms with Crippen LogP contribution in [-0.2, 0) is 9.59 Å². The second-order valence-electron chi connectivity index (χ2n) is 10.4. The Morgan fingerprint density at radius 2 is 1.86 bits per heavy atom. The van der Waals surface area contributed by atoms with Crippen LogP contribution in [0.2, 0.25) is 5.02 Å². The number of carbonyl (C=O) groups is 2. The van der Waals surface area contributed by atoms with E-state index in [1.807, 2.05) is 24.3 Å². The molecule has 0 spiro atoms. The molecule has 4 aliphatic rings. The van der Waals surface area contributed by atoms with Crippen LogP contribution >= 0.6 is 11.6 Å². The van der Waals surface area contributed by atoms with Crippen LogP contribution in [0, 0.1) is 0 Å². The summed E-state index contributed by atoms with van der Waals surface area (Å²) in [5.74, 6) is 1.57. The van der Waals surface area contributed by atoms with E-state index < -0.39 is 0 Å². The van der Waals surface area contributed by atoms with Gasteiger partial charge in [-0.25, -0.2) is 9.97 Å². The van der Waals surface area contributed by atoms with Crippen LogP contribution in [0.25, 0.3) is 0 Å². The van der Waals surface area contributed by atoms with E-state index in [2.05, 4.69) is 37.3 Å². The van der Waals surface area contributed by atoms with E-state index in [9.17, 15) is 9.59 Å². The second kappa shape index (κ2) is 9.06. The van der Waals surface area contributed by atoms with Crippen LogP contribution in [0.15, 0.2) is 30.6 Å². The lowest BCUT2D eigenvalue weighted by Gasteiger charge is -2.44. The Kier molecular flexibility index (Phi) is 5.89. The SMILES string of the molecule is C[C@@H]1CC(=O)Nc2ncnc(N3CC4CCC(C3)N4C(=O)C(CNC3CC3)c3ccc(Cl)cc3)c21. The molecule has 184 valence electrons. The first kappa shape index (κ1) is 22.7. The number of hydrogen-bond acceptors (Lipinski definition) is 6. The molecular weight excluding hydrogens is 464 g/mol. The fraction of sp³-hybridized carbons (Fsp3) is 0.538. The highest BCUT2D eigenvalue weighted by Crippen LogP contribution is 2.40. The highest BCUT2D eigenvalue weighted by atomic mass is 35.5. The van der Waals surface area contributed by atoms with E-state index in [0.29, 0.717) is 29.8 Å². The number of benzene rings is 1. The van der Waals surface area contributed by atoms with Crippen molar-refractivity contribution in [3.63, 3.8) is 0 Å². The zero-order valence-electron chi connectivity index (χ0n) is 19.9. The van der Waals surface area contributed by atoms with Crippen LogP contribution in [0.4, 0.5) is 11.6 Å². The molecule has 2 saturated heterocycles. The molecule has 1 aromatic heterocycles. The number of hydrogen-bond donors (Lipinski definition) is 2. The van der Waals surface area contributed by atoms with Crippen molar-refractivity contribution in [2.75, 3.05) is 29.9 Å². The molecular formula is C26H31ClN6O2. The highest BCUT2D eigenvalue weighted by Gasteiger charge is 2.46. The maximum atomic E-state index is 14.0. The summed E-state index contributed by atoms with van der Waals surface area (Å²) in [5.41, 5.74) is 2.03. The summed E-state index contributed by atoms with van der Waals surface area (Å²) in [4.78, 5) is 39.4. The van der Waals surface area contributed by atoms with Gasteiger partial charge in [0.15, 0.2) is 0 Å². The zero-order valence-corrected chi connectivity index (χ0v) is 20.7. The van der Waals surface area contributed by atoms with Crippen LogP contribution in [0.1, 0.15) is 62.0 Å². The van der Waals surface area contributed by atoms with Gasteiger partial charge >= 0.3 is 0 Å². The molecule has 35 heavy (non-hydrogen) atoms. The molecule has 2 bridgehead atoms. The number of amides is 2. The number of piperazine rings is 1. The fourth-order valence-electron chi connectivity index (χ4n) is 5.99. The van der Waals surface area contributed by atoms with E-state index in [1.165, 1.54) is 19.2 Å². The lowest BCUT2D eigenvalue weighted by molar-refractivity contribution is -0.136. The van der Waals surface area contributed by atoms with Crippen molar-refractivity contribution in [1.29, 1.82) is 0 Å². The maximum Gasteiger partial charge on any atom is 0.232 e. The van der Waals surface area contributed by atoms with Gasteiger partial charge in [-0.1, -0.05) is 30.7 Å². The van der Waals surface area contributed by atoms with Crippen molar-refractivity contribution < 1.29 is 9.59 Å². The summed E-state index contributed by atoms with van der Waals surface area (Å²) in [5, 5.41) is 7.16. The third-order valence-corrected chi connectivity index (χ3v) is 8.15. The Bertz CT molecular complexity index is 1120. The van der Waals surface area contributed by atoms with Gasteiger partial charge in [-0.2, -0.15) is 0 Å². The van der Waals surface area contributed by atoms with Gasteiger partial charge in [0, 0.05) is 54.8 Å². The third kappa shape index (κ3) is 4.38. The second-order valence-corrected chi connectivity index (χ2v) is 10.9. The third-order valence-electron chi connectivity index (χ3n) is 7.90. The molecule has 3 fully saturated rings. The van der Waals surface area contributed by atoms with Gasteiger partial charge in [0.1, 0.15) is 18.0 Å². The lowest BCUT2D eigenvalue weighted by atomic mass is 9.93. The molecule has 8 nitrogen and oxygen atoms in total. The molecule has 1 aliphatic carbocycles. The van der Waals surface area contributed by atoms with Gasteiger partial charge in [0.25, 0.3) is 0 Å². The monoisotopic (exact) mass is 494 g/mol. The number of anilines is 2. The number of nitrogens with one attached hydrogen (secondary N) is 2. The van der Waals surface area contributed by atoms with Gasteiger partial charge in [0.05, 0.1) is 5.92 Å². The molecule has 6 rings (SSSR count). The summed E-state index contributed by atoms with van der Waals surface area (Å²) in [7, 11) is 0. The summed E-state index contributed by atoms with van der Waals surface area (Å²) in [6.45, 7) is 4.20. The number of aromatic nitrogens is 2. The molecule has 4 heterocycles. The Labute approximate surface area is 210 Å². The standard InChI is InChI=1S/C26H31ClN6O2/c1-15-10-22(34)31-24-23(15)25(30-14-29-24)32-12-19-8-9-20(13-32)33(19)26(35)21(11-28-18-6-7-18)16-2-4-17(27)5-3-16/h2-5,14-15,18-21,28H,6-13H2,1H3,(H,29,30,31,34)/t15-,19?,20?,21?/m1/s1. The van der Waals surface area contributed by atoms with Crippen molar-refractivity contribution >= 4 is 35.1 Å². The number of halogens is 1. The Balaban J connectivity index is 1.24. The molecule has 9 heteroatoms. The minimum absolute atomic E-state index is 0.00168. The Morgan fingerprint density at radius 1 is 1.14 bits per heavy atom. The first-order chi connectivity index (χ1) is 17.0. The average Bonchev–Trinajstić information content (AvgIpc) is 3.63. The van der Waals surface area contributed by atoms with E-state index >= 15 is 0 Å². The van der Waals surface area contributed by atoms with E-state index in [0.717, 1.165) is 42.9 Å². The van der Waals surface area contributed by atoms with E-state index in [4.69, 9.17) is 11.6 Å². The summed E-state index contributed by atoms with van der Waals surface area (Å²) in [6.07, 6.45) is 6.34. The topological polar surface area (TPSA) is 90.5 Å². The first-order valence-corrected chi connectivity index (χ1v) is 13.1. The maximum absolute atomic E-state index is 14.0.